The summed E-state index contributed by atoms with van der Waals surface area (Å²) >= 11 is 0. The van der Waals surface area contributed by atoms with E-state index < -0.39 is 0 Å². The molecular formula is C28H31NO5. The number of carbonyl (C=O) groups excluding carboxylic acids is 1. The van der Waals surface area contributed by atoms with Gasteiger partial charge in [-0.25, -0.2) is 4.79 Å². The van der Waals surface area contributed by atoms with Crippen molar-refractivity contribution in [2.75, 3.05) is 26.8 Å². The Balaban J connectivity index is 1.22. The molecule has 1 unspecified atom stereocenters. The van der Waals surface area contributed by atoms with Gasteiger partial charge in [-0.05, 0) is 65.8 Å². The summed E-state index contributed by atoms with van der Waals surface area (Å²) in [6.07, 6.45) is 4.23. The van der Waals surface area contributed by atoms with Crippen molar-refractivity contribution in [1.29, 1.82) is 0 Å². The molecule has 2 aliphatic rings. The van der Waals surface area contributed by atoms with Crippen LogP contribution in [0.3, 0.4) is 0 Å². The van der Waals surface area contributed by atoms with Gasteiger partial charge in [0.05, 0.1) is 26.4 Å². The first kappa shape index (κ1) is 22.5. The first-order valence-corrected chi connectivity index (χ1v) is 12.0. The largest absolute Gasteiger partial charge is 0.493 e. The van der Waals surface area contributed by atoms with Gasteiger partial charge < -0.3 is 23.8 Å². The number of carbonyl (C=O) groups is 1. The Hall–Kier alpha value is -3.25. The Kier molecular flexibility index (Phi) is 6.86. The van der Waals surface area contributed by atoms with Crippen LogP contribution in [0.4, 0.5) is 4.79 Å². The maximum atomic E-state index is 12.8. The standard InChI is InChI=1S/C28H31NO5/c1-31-25-13-12-23(17-26(25)34-24-8-4-5-9-24)27-18-29(14-15-32-27)28(30)33-19-20-10-11-21-6-2-3-7-22(21)16-20/h2-3,6-7,10-13,16-17,24,27H,4-5,8-9,14-15,18-19H2,1H3. The summed E-state index contributed by atoms with van der Waals surface area (Å²) in [5.74, 6) is 1.46. The fourth-order valence-electron chi connectivity index (χ4n) is 4.75. The number of benzene rings is 3. The van der Waals surface area contributed by atoms with Gasteiger partial charge in [-0.2, -0.15) is 0 Å². The minimum Gasteiger partial charge on any atom is -0.493 e. The monoisotopic (exact) mass is 461 g/mol. The van der Waals surface area contributed by atoms with E-state index >= 15 is 0 Å². The average molecular weight is 462 g/mol. The van der Waals surface area contributed by atoms with E-state index in [4.69, 9.17) is 18.9 Å². The number of methoxy groups -OCH3 is 1. The van der Waals surface area contributed by atoms with E-state index in [1.165, 1.54) is 18.2 Å². The van der Waals surface area contributed by atoms with Gasteiger partial charge in [-0.15, -0.1) is 0 Å². The Labute approximate surface area is 200 Å². The molecule has 1 amide bonds. The summed E-state index contributed by atoms with van der Waals surface area (Å²) in [6, 6.07) is 20.2. The number of morpholine rings is 1. The van der Waals surface area contributed by atoms with Crippen LogP contribution < -0.4 is 9.47 Å². The molecule has 34 heavy (non-hydrogen) atoms. The predicted octanol–water partition coefficient (Wildman–Crippen LogP) is 5.88. The number of hydrogen-bond acceptors (Lipinski definition) is 5. The van der Waals surface area contributed by atoms with Crippen LogP contribution in [-0.2, 0) is 16.1 Å². The molecule has 1 aliphatic heterocycles. The molecule has 0 bridgehead atoms. The molecule has 1 saturated heterocycles. The quantitative estimate of drug-likeness (QED) is 0.459. The summed E-state index contributed by atoms with van der Waals surface area (Å²) in [5.41, 5.74) is 1.95. The summed E-state index contributed by atoms with van der Waals surface area (Å²) < 4.78 is 23.4. The van der Waals surface area contributed by atoms with Crippen LogP contribution >= 0.6 is 0 Å². The zero-order valence-corrected chi connectivity index (χ0v) is 19.6. The van der Waals surface area contributed by atoms with E-state index in [9.17, 15) is 4.79 Å². The smallest absolute Gasteiger partial charge is 0.410 e. The third-order valence-electron chi connectivity index (χ3n) is 6.66. The highest BCUT2D eigenvalue weighted by molar-refractivity contribution is 5.83. The molecule has 0 radical (unpaired) electrons. The first-order valence-electron chi connectivity index (χ1n) is 12.0. The third kappa shape index (κ3) is 5.12. The molecule has 2 fully saturated rings. The maximum absolute atomic E-state index is 12.8. The van der Waals surface area contributed by atoms with Crippen molar-refractivity contribution in [3.05, 3.63) is 71.8 Å². The molecule has 0 spiro atoms. The first-order chi connectivity index (χ1) is 16.7. The molecule has 6 heteroatoms. The second-order valence-electron chi connectivity index (χ2n) is 8.98. The Morgan fingerprint density at radius 3 is 2.65 bits per heavy atom. The third-order valence-corrected chi connectivity index (χ3v) is 6.66. The van der Waals surface area contributed by atoms with Crippen LogP contribution in [-0.4, -0.2) is 43.9 Å². The van der Waals surface area contributed by atoms with E-state index in [1.807, 2.05) is 36.4 Å². The van der Waals surface area contributed by atoms with Crippen molar-refractivity contribution in [2.24, 2.45) is 0 Å². The second kappa shape index (κ2) is 10.3. The summed E-state index contributed by atoms with van der Waals surface area (Å²) in [5, 5.41) is 2.31. The lowest BCUT2D eigenvalue weighted by molar-refractivity contribution is -0.0297. The lowest BCUT2D eigenvalue weighted by Gasteiger charge is -2.32. The van der Waals surface area contributed by atoms with Gasteiger partial charge in [-0.1, -0.05) is 42.5 Å². The molecule has 0 N–H and O–H groups in total. The summed E-state index contributed by atoms with van der Waals surface area (Å²) in [4.78, 5) is 14.5. The van der Waals surface area contributed by atoms with Gasteiger partial charge >= 0.3 is 6.09 Å². The van der Waals surface area contributed by atoms with Gasteiger partial charge in [0.2, 0.25) is 0 Å². The lowest BCUT2D eigenvalue weighted by Crippen LogP contribution is -2.42. The van der Waals surface area contributed by atoms with Crippen LogP contribution in [0.2, 0.25) is 0 Å². The number of fused-ring (bicyclic) bond motifs is 1. The summed E-state index contributed by atoms with van der Waals surface area (Å²) in [7, 11) is 1.65. The van der Waals surface area contributed by atoms with Gasteiger partial charge in [0, 0.05) is 6.54 Å². The highest BCUT2D eigenvalue weighted by Gasteiger charge is 2.28. The van der Waals surface area contributed by atoms with Gasteiger partial charge in [0.15, 0.2) is 11.5 Å². The van der Waals surface area contributed by atoms with E-state index in [0.717, 1.165) is 40.9 Å². The topological polar surface area (TPSA) is 57.2 Å². The minimum absolute atomic E-state index is 0.234. The molecule has 178 valence electrons. The van der Waals surface area contributed by atoms with Gasteiger partial charge in [0.1, 0.15) is 12.7 Å². The van der Waals surface area contributed by atoms with E-state index in [1.54, 1.807) is 12.0 Å². The highest BCUT2D eigenvalue weighted by atomic mass is 16.6. The zero-order chi connectivity index (χ0) is 23.3. The number of hydrogen-bond donors (Lipinski definition) is 0. The van der Waals surface area contributed by atoms with Crippen molar-refractivity contribution in [3.8, 4) is 11.5 Å². The van der Waals surface area contributed by atoms with Crippen molar-refractivity contribution in [1.82, 2.24) is 4.90 Å². The van der Waals surface area contributed by atoms with E-state index in [0.29, 0.717) is 19.7 Å². The van der Waals surface area contributed by atoms with Crippen LogP contribution in [0.15, 0.2) is 60.7 Å². The van der Waals surface area contributed by atoms with Crippen LogP contribution in [0.5, 0.6) is 11.5 Å². The Bertz CT molecular complexity index is 1140. The van der Waals surface area contributed by atoms with Crippen molar-refractivity contribution >= 4 is 16.9 Å². The highest BCUT2D eigenvalue weighted by Crippen LogP contribution is 2.35. The Morgan fingerprint density at radius 2 is 1.82 bits per heavy atom. The Morgan fingerprint density at radius 1 is 1.00 bits per heavy atom. The molecule has 3 aromatic carbocycles. The van der Waals surface area contributed by atoms with E-state index in [2.05, 4.69) is 24.3 Å². The minimum atomic E-state index is -0.322. The molecule has 1 heterocycles. The molecule has 6 nitrogen and oxygen atoms in total. The lowest BCUT2D eigenvalue weighted by atomic mass is 10.1. The molecular weight excluding hydrogens is 430 g/mol. The fourth-order valence-corrected chi connectivity index (χ4v) is 4.75. The van der Waals surface area contributed by atoms with Crippen LogP contribution in [0.1, 0.15) is 42.9 Å². The molecule has 5 rings (SSSR count). The SMILES string of the molecule is COc1ccc(C2CN(C(=O)OCc3ccc4ccccc4c3)CCO2)cc1OC1CCCC1. The number of rotatable bonds is 6. The molecule has 1 aliphatic carbocycles. The van der Waals surface area contributed by atoms with Crippen LogP contribution in [0.25, 0.3) is 10.8 Å². The van der Waals surface area contributed by atoms with Crippen molar-refractivity contribution < 1.29 is 23.7 Å². The van der Waals surface area contributed by atoms with E-state index in [-0.39, 0.29) is 24.9 Å². The average Bonchev–Trinajstić information content (AvgIpc) is 3.40. The van der Waals surface area contributed by atoms with Crippen LogP contribution in [0, 0.1) is 0 Å². The molecule has 1 saturated carbocycles. The fraction of sp³-hybridized carbons (Fsp3) is 0.393. The van der Waals surface area contributed by atoms with Gasteiger partial charge in [0.25, 0.3) is 0 Å². The number of nitrogens with zero attached hydrogens (tertiary/aromatic N) is 1. The maximum Gasteiger partial charge on any atom is 0.410 e. The predicted molar refractivity (Wildman–Crippen MR) is 130 cm³/mol. The summed E-state index contributed by atoms with van der Waals surface area (Å²) in [6.45, 7) is 1.65. The second-order valence-corrected chi connectivity index (χ2v) is 8.98. The number of amides is 1. The zero-order valence-electron chi connectivity index (χ0n) is 19.6. The number of ether oxygens (including phenoxy) is 4. The van der Waals surface area contributed by atoms with Gasteiger partial charge in [-0.3, -0.25) is 0 Å². The molecule has 1 atom stereocenters. The molecule has 0 aromatic heterocycles. The molecule has 3 aromatic rings. The van der Waals surface area contributed by atoms with Crippen molar-refractivity contribution in [2.45, 2.75) is 44.5 Å². The normalized spacial score (nSPS) is 18.7. The van der Waals surface area contributed by atoms with Crippen molar-refractivity contribution in [3.63, 3.8) is 0 Å².